The van der Waals surface area contributed by atoms with Crippen molar-refractivity contribution in [2.45, 2.75) is 45.6 Å². The minimum atomic E-state index is -2.58. The molecule has 8 nitrogen and oxygen atoms in total. The van der Waals surface area contributed by atoms with Gasteiger partial charge in [0.05, 0.1) is 6.04 Å². The number of hydrogen-bond donors (Lipinski definition) is 2. The summed E-state index contributed by atoms with van der Waals surface area (Å²) in [7, 11) is 0. The van der Waals surface area contributed by atoms with E-state index in [-0.39, 0.29) is 29.3 Å². The largest absolute Gasteiger partial charge is 0.471 e. The zero-order valence-corrected chi connectivity index (χ0v) is 16.7. The molecule has 1 aliphatic rings. The summed E-state index contributed by atoms with van der Waals surface area (Å²) < 4.78 is 29.8. The van der Waals surface area contributed by atoms with Gasteiger partial charge in [0.2, 0.25) is 17.7 Å². The lowest BCUT2D eigenvalue weighted by atomic mass is 10.1. The molecule has 0 saturated heterocycles. The summed E-state index contributed by atoms with van der Waals surface area (Å²) in [6, 6.07) is 2.80. The van der Waals surface area contributed by atoms with E-state index in [1.54, 1.807) is 13.0 Å². The van der Waals surface area contributed by atoms with Crippen LogP contribution in [0.15, 0.2) is 24.5 Å². The van der Waals surface area contributed by atoms with Crippen LogP contribution < -0.4 is 15.4 Å². The Labute approximate surface area is 172 Å². The molecule has 3 rings (SSSR count). The van der Waals surface area contributed by atoms with Crippen molar-refractivity contribution in [1.29, 1.82) is 0 Å². The predicted molar refractivity (Wildman–Crippen MR) is 104 cm³/mol. The number of pyridine rings is 1. The monoisotopic (exact) mass is 419 g/mol. The van der Waals surface area contributed by atoms with Gasteiger partial charge in [0.25, 0.3) is 12.3 Å². The van der Waals surface area contributed by atoms with Gasteiger partial charge in [-0.15, -0.1) is 0 Å². The maximum absolute atomic E-state index is 12.6. The number of anilines is 1. The topological polar surface area (TPSA) is 106 Å². The molecule has 1 fully saturated rings. The number of carbonyl (C=O) groups is 2. The standard InChI is InChI=1S/C20H23F2N5O3/c1-3-12-8-14(9-24-19(12)30-10-16(21)22)11(2)25-18(29)15-6-7-23-20(26-15)27-17(28)13-4-5-13/h6-9,11,13,16H,3-5,10H2,1-2H3,(H,25,29)(H,23,26,27,28). The van der Waals surface area contributed by atoms with Crippen molar-refractivity contribution in [2.24, 2.45) is 5.92 Å². The Kier molecular flexibility index (Phi) is 6.86. The minimum Gasteiger partial charge on any atom is -0.471 e. The zero-order chi connectivity index (χ0) is 21.7. The van der Waals surface area contributed by atoms with Gasteiger partial charge < -0.3 is 10.1 Å². The van der Waals surface area contributed by atoms with Crippen LogP contribution in [0.4, 0.5) is 14.7 Å². The molecule has 0 bridgehead atoms. The molecule has 2 heterocycles. The van der Waals surface area contributed by atoms with Crippen LogP contribution in [-0.2, 0) is 11.2 Å². The highest BCUT2D eigenvalue weighted by molar-refractivity contribution is 5.95. The van der Waals surface area contributed by atoms with Crippen LogP contribution in [0.5, 0.6) is 5.88 Å². The van der Waals surface area contributed by atoms with Gasteiger partial charge in [-0.3, -0.25) is 14.9 Å². The van der Waals surface area contributed by atoms with E-state index >= 15 is 0 Å². The highest BCUT2D eigenvalue weighted by Gasteiger charge is 2.30. The van der Waals surface area contributed by atoms with Crippen molar-refractivity contribution in [3.63, 3.8) is 0 Å². The van der Waals surface area contributed by atoms with Crippen LogP contribution in [0.3, 0.4) is 0 Å². The Morgan fingerprint density at radius 1 is 1.30 bits per heavy atom. The SMILES string of the molecule is CCc1cc(C(C)NC(=O)c2ccnc(NC(=O)C3CC3)n2)cnc1OCC(F)F. The maximum Gasteiger partial charge on any atom is 0.272 e. The lowest BCUT2D eigenvalue weighted by molar-refractivity contribution is -0.117. The summed E-state index contributed by atoms with van der Waals surface area (Å²) >= 11 is 0. The second-order valence-electron chi connectivity index (χ2n) is 7.01. The molecular weight excluding hydrogens is 396 g/mol. The molecule has 1 aliphatic carbocycles. The van der Waals surface area contributed by atoms with Crippen LogP contribution in [0.25, 0.3) is 0 Å². The van der Waals surface area contributed by atoms with E-state index in [1.807, 2.05) is 6.92 Å². The predicted octanol–water partition coefficient (Wildman–Crippen LogP) is 2.92. The van der Waals surface area contributed by atoms with Gasteiger partial charge in [0.1, 0.15) is 5.69 Å². The summed E-state index contributed by atoms with van der Waals surface area (Å²) in [5.41, 5.74) is 1.48. The highest BCUT2D eigenvalue weighted by Crippen LogP contribution is 2.29. The Bertz CT molecular complexity index is 921. The molecule has 2 aromatic rings. The normalized spacial score (nSPS) is 14.3. The first kappa shape index (κ1) is 21.5. The van der Waals surface area contributed by atoms with Crippen molar-refractivity contribution >= 4 is 17.8 Å². The van der Waals surface area contributed by atoms with E-state index in [9.17, 15) is 18.4 Å². The second-order valence-corrected chi connectivity index (χ2v) is 7.01. The number of alkyl halides is 2. The van der Waals surface area contributed by atoms with Gasteiger partial charge in [-0.05, 0) is 43.9 Å². The van der Waals surface area contributed by atoms with Crippen molar-refractivity contribution in [3.05, 3.63) is 41.3 Å². The number of rotatable bonds is 9. The third kappa shape index (κ3) is 5.68. The summed E-state index contributed by atoms with van der Waals surface area (Å²) in [5, 5.41) is 5.41. The number of halogens is 2. The average molecular weight is 419 g/mol. The molecule has 10 heteroatoms. The molecule has 1 atom stereocenters. The molecule has 2 aromatic heterocycles. The van der Waals surface area contributed by atoms with E-state index in [4.69, 9.17) is 4.74 Å². The number of nitrogens with one attached hydrogen (secondary N) is 2. The van der Waals surface area contributed by atoms with Gasteiger partial charge in [0, 0.05) is 23.9 Å². The first-order chi connectivity index (χ1) is 14.4. The highest BCUT2D eigenvalue weighted by atomic mass is 19.3. The third-order valence-electron chi connectivity index (χ3n) is 4.59. The number of hydrogen-bond acceptors (Lipinski definition) is 6. The van der Waals surface area contributed by atoms with Crippen molar-refractivity contribution < 1.29 is 23.1 Å². The molecule has 0 radical (unpaired) electrons. The number of ether oxygens (including phenoxy) is 1. The van der Waals surface area contributed by atoms with E-state index in [1.165, 1.54) is 18.5 Å². The lowest BCUT2D eigenvalue weighted by Crippen LogP contribution is -2.28. The first-order valence-electron chi connectivity index (χ1n) is 9.72. The van der Waals surface area contributed by atoms with Gasteiger partial charge in [-0.25, -0.2) is 23.7 Å². The van der Waals surface area contributed by atoms with Gasteiger partial charge in [0.15, 0.2) is 6.61 Å². The summed E-state index contributed by atoms with van der Waals surface area (Å²) in [6.45, 7) is 2.90. The molecule has 2 amide bonds. The first-order valence-corrected chi connectivity index (χ1v) is 9.72. The van der Waals surface area contributed by atoms with Crippen LogP contribution in [0.1, 0.15) is 54.3 Å². The fourth-order valence-corrected chi connectivity index (χ4v) is 2.74. The van der Waals surface area contributed by atoms with E-state index in [0.717, 1.165) is 12.8 Å². The summed E-state index contributed by atoms with van der Waals surface area (Å²) in [4.78, 5) is 36.6. The maximum atomic E-state index is 12.6. The Balaban J connectivity index is 1.65. The molecule has 2 N–H and O–H groups in total. The molecule has 0 spiro atoms. The number of aromatic nitrogens is 3. The van der Waals surface area contributed by atoms with Crippen molar-refractivity contribution in [3.8, 4) is 5.88 Å². The number of nitrogens with zero attached hydrogens (tertiary/aromatic N) is 3. The molecule has 30 heavy (non-hydrogen) atoms. The average Bonchev–Trinajstić information content (AvgIpc) is 3.57. The fraction of sp³-hybridized carbons (Fsp3) is 0.450. The zero-order valence-electron chi connectivity index (χ0n) is 16.7. The number of aryl methyl sites for hydroxylation is 1. The Morgan fingerprint density at radius 3 is 2.73 bits per heavy atom. The molecule has 0 aromatic carbocycles. The van der Waals surface area contributed by atoms with Crippen LogP contribution in [0, 0.1) is 5.92 Å². The van der Waals surface area contributed by atoms with Crippen molar-refractivity contribution in [1.82, 2.24) is 20.3 Å². The second kappa shape index (κ2) is 9.55. The molecule has 1 saturated carbocycles. The van der Waals surface area contributed by atoms with Gasteiger partial charge in [-0.1, -0.05) is 6.92 Å². The van der Waals surface area contributed by atoms with Crippen LogP contribution in [0.2, 0.25) is 0 Å². The van der Waals surface area contributed by atoms with E-state index in [2.05, 4.69) is 25.6 Å². The smallest absolute Gasteiger partial charge is 0.272 e. The minimum absolute atomic E-state index is 0.000915. The molecule has 160 valence electrons. The van der Waals surface area contributed by atoms with Crippen LogP contribution >= 0.6 is 0 Å². The molecule has 1 unspecified atom stereocenters. The molecule has 0 aliphatic heterocycles. The Morgan fingerprint density at radius 2 is 2.07 bits per heavy atom. The van der Waals surface area contributed by atoms with E-state index in [0.29, 0.717) is 17.5 Å². The molecular formula is C20H23F2N5O3. The van der Waals surface area contributed by atoms with Gasteiger partial charge in [-0.2, -0.15) is 0 Å². The fourth-order valence-electron chi connectivity index (χ4n) is 2.74. The van der Waals surface area contributed by atoms with Crippen molar-refractivity contribution in [2.75, 3.05) is 11.9 Å². The lowest BCUT2D eigenvalue weighted by Gasteiger charge is -2.16. The Hall–Kier alpha value is -3.17. The van der Waals surface area contributed by atoms with E-state index < -0.39 is 25.0 Å². The summed E-state index contributed by atoms with van der Waals surface area (Å²) in [6.07, 6.45) is 2.54. The summed E-state index contributed by atoms with van der Waals surface area (Å²) in [5.74, 6) is -0.343. The third-order valence-corrected chi connectivity index (χ3v) is 4.59. The van der Waals surface area contributed by atoms with Gasteiger partial charge >= 0.3 is 0 Å². The quantitative estimate of drug-likeness (QED) is 0.647. The van der Waals surface area contributed by atoms with Crippen LogP contribution in [-0.4, -0.2) is 39.8 Å². The number of carbonyl (C=O) groups excluding carboxylic acids is 2. The number of amides is 2.